The van der Waals surface area contributed by atoms with Gasteiger partial charge in [0.2, 0.25) is 5.91 Å². The number of benzene rings is 1. The third-order valence-corrected chi connectivity index (χ3v) is 5.29. The smallest absolute Gasteiger partial charge is 0.260 e. The van der Waals surface area contributed by atoms with Crippen molar-refractivity contribution in [2.24, 2.45) is 0 Å². The van der Waals surface area contributed by atoms with Crippen molar-refractivity contribution in [1.82, 2.24) is 14.7 Å². The zero-order chi connectivity index (χ0) is 19.9. The molecule has 2 fully saturated rings. The number of halogens is 2. The molecule has 2 heterocycles. The number of carbonyl (C=O) groups excluding carboxylic acids is 2. The number of piperazine rings is 1. The van der Waals surface area contributed by atoms with Crippen LogP contribution in [0.2, 0.25) is 0 Å². The van der Waals surface area contributed by atoms with E-state index in [1.165, 1.54) is 18.9 Å². The highest BCUT2D eigenvalue weighted by molar-refractivity contribution is 5.79. The molecule has 2 aliphatic rings. The Hall–Kier alpha value is -2.22. The second kappa shape index (κ2) is 9.82. The van der Waals surface area contributed by atoms with Crippen molar-refractivity contribution in [3.05, 3.63) is 29.8 Å². The number of amides is 2. The van der Waals surface area contributed by atoms with Crippen molar-refractivity contribution >= 4 is 11.8 Å². The first kappa shape index (κ1) is 20.5. The van der Waals surface area contributed by atoms with Gasteiger partial charge in [0.05, 0.1) is 6.54 Å². The van der Waals surface area contributed by atoms with E-state index < -0.39 is 11.6 Å². The first-order chi connectivity index (χ1) is 13.5. The molecule has 1 aromatic rings. The van der Waals surface area contributed by atoms with Crippen LogP contribution in [0.3, 0.4) is 0 Å². The van der Waals surface area contributed by atoms with Crippen LogP contribution in [0.4, 0.5) is 8.78 Å². The number of hydrogen-bond acceptors (Lipinski definition) is 4. The van der Waals surface area contributed by atoms with Crippen LogP contribution in [0.1, 0.15) is 25.7 Å². The summed E-state index contributed by atoms with van der Waals surface area (Å²) in [5.41, 5.74) is 0. The quantitative estimate of drug-likeness (QED) is 0.764. The van der Waals surface area contributed by atoms with E-state index in [1.807, 2.05) is 4.90 Å². The van der Waals surface area contributed by atoms with Gasteiger partial charge < -0.3 is 14.5 Å². The lowest BCUT2D eigenvalue weighted by Crippen LogP contribution is -2.52. The standard InChI is InChI=1S/C20H27F2N3O3/c21-16-5-6-18(17(22)13-16)28-15-20(27)25-11-9-23(10-12-25)14-19(26)24-7-3-1-2-4-8-24/h5-6,13H,1-4,7-12,14-15H2. The van der Waals surface area contributed by atoms with Crippen LogP contribution in [-0.2, 0) is 9.59 Å². The van der Waals surface area contributed by atoms with Gasteiger partial charge in [-0.05, 0) is 25.0 Å². The summed E-state index contributed by atoms with van der Waals surface area (Å²) in [6, 6.07) is 2.98. The van der Waals surface area contributed by atoms with E-state index in [0.717, 1.165) is 38.1 Å². The highest BCUT2D eigenvalue weighted by atomic mass is 19.1. The Morgan fingerprint density at radius 2 is 1.50 bits per heavy atom. The molecule has 0 bridgehead atoms. The van der Waals surface area contributed by atoms with E-state index in [9.17, 15) is 18.4 Å². The molecular weight excluding hydrogens is 368 g/mol. The molecule has 0 saturated carbocycles. The molecule has 0 aromatic heterocycles. The van der Waals surface area contributed by atoms with Crippen LogP contribution in [-0.4, -0.2) is 78.9 Å². The Labute approximate surface area is 164 Å². The maximum Gasteiger partial charge on any atom is 0.260 e. The molecule has 3 rings (SSSR count). The van der Waals surface area contributed by atoms with Crippen molar-refractivity contribution < 1.29 is 23.1 Å². The molecular formula is C20H27F2N3O3. The average Bonchev–Trinajstić information content (AvgIpc) is 2.97. The van der Waals surface area contributed by atoms with Gasteiger partial charge in [-0.1, -0.05) is 12.8 Å². The molecule has 2 saturated heterocycles. The summed E-state index contributed by atoms with van der Waals surface area (Å²) in [6.07, 6.45) is 4.52. The van der Waals surface area contributed by atoms with Crippen LogP contribution < -0.4 is 4.74 Å². The second-order valence-electron chi connectivity index (χ2n) is 7.32. The Kier molecular flexibility index (Phi) is 7.19. The topological polar surface area (TPSA) is 53.1 Å². The number of carbonyl (C=O) groups is 2. The van der Waals surface area contributed by atoms with Crippen LogP contribution in [0.15, 0.2) is 18.2 Å². The number of rotatable bonds is 5. The largest absolute Gasteiger partial charge is 0.481 e. The maximum atomic E-state index is 13.6. The minimum absolute atomic E-state index is 0.142. The van der Waals surface area contributed by atoms with Gasteiger partial charge >= 0.3 is 0 Å². The predicted octanol–water partition coefficient (Wildman–Crippen LogP) is 1.89. The third-order valence-electron chi connectivity index (χ3n) is 5.29. The van der Waals surface area contributed by atoms with Crippen molar-refractivity contribution in [2.75, 3.05) is 52.4 Å². The molecule has 154 valence electrons. The van der Waals surface area contributed by atoms with E-state index in [2.05, 4.69) is 4.90 Å². The van der Waals surface area contributed by atoms with Crippen molar-refractivity contribution in [3.63, 3.8) is 0 Å². The molecule has 2 aliphatic heterocycles. The minimum atomic E-state index is -0.829. The Bertz CT molecular complexity index is 685. The van der Waals surface area contributed by atoms with E-state index in [4.69, 9.17) is 4.74 Å². The van der Waals surface area contributed by atoms with Crippen LogP contribution >= 0.6 is 0 Å². The van der Waals surface area contributed by atoms with Gasteiger partial charge in [0, 0.05) is 45.3 Å². The highest BCUT2D eigenvalue weighted by Crippen LogP contribution is 2.18. The molecule has 1 aromatic carbocycles. The summed E-state index contributed by atoms with van der Waals surface area (Å²) in [4.78, 5) is 30.4. The Morgan fingerprint density at radius 1 is 0.857 bits per heavy atom. The first-order valence-electron chi connectivity index (χ1n) is 9.88. The van der Waals surface area contributed by atoms with Gasteiger partial charge in [-0.25, -0.2) is 8.78 Å². The molecule has 0 unspecified atom stereocenters. The third kappa shape index (κ3) is 5.64. The maximum absolute atomic E-state index is 13.6. The van der Waals surface area contributed by atoms with E-state index in [-0.39, 0.29) is 24.2 Å². The Balaban J connectivity index is 1.40. The summed E-state index contributed by atoms with van der Waals surface area (Å²) in [7, 11) is 0. The fraction of sp³-hybridized carbons (Fsp3) is 0.600. The SMILES string of the molecule is O=C(COc1ccc(F)cc1F)N1CCN(CC(=O)N2CCCCCC2)CC1. The van der Waals surface area contributed by atoms with Crippen molar-refractivity contribution in [2.45, 2.75) is 25.7 Å². The Morgan fingerprint density at radius 3 is 2.14 bits per heavy atom. The summed E-state index contributed by atoms with van der Waals surface area (Å²) in [5.74, 6) is -1.75. The zero-order valence-corrected chi connectivity index (χ0v) is 16.0. The van der Waals surface area contributed by atoms with E-state index in [0.29, 0.717) is 32.7 Å². The molecule has 28 heavy (non-hydrogen) atoms. The van der Waals surface area contributed by atoms with Crippen LogP contribution in [0.25, 0.3) is 0 Å². The van der Waals surface area contributed by atoms with Crippen molar-refractivity contribution in [3.8, 4) is 5.75 Å². The molecule has 0 aliphatic carbocycles. The van der Waals surface area contributed by atoms with Crippen molar-refractivity contribution in [1.29, 1.82) is 0 Å². The fourth-order valence-corrected chi connectivity index (χ4v) is 3.59. The molecule has 0 N–H and O–H groups in total. The van der Waals surface area contributed by atoms with Gasteiger partial charge in [0.25, 0.3) is 5.91 Å². The van der Waals surface area contributed by atoms with Crippen LogP contribution in [0, 0.1) is 11.6 Å². The number of nitrogens with zero attached hydrogens (tertiary/aromatic N) is 3. The molecule has 2 amide bonds. The van der Waals surface area contributed by atoms with E-state index >= 15 is 0 Å². The summed E-state index contributed by atoms with van der Waals surface area (Å²) >= 11 is 0. The highest BCUT2D eigenvalue weighted by Gasteiger charge is 2.25. The first-order valence-corrected chi connectivity index (χ1v) is 9.88. The average molecular weight is 395 g/mol. The number of likely N-dealkylation sites (tertiary alicyclic amines) is 1. The normalized spacial score (nSPS) is 18.6. The lowest BCUT2D eigenvalue weighted by Gasteiger charge is -2.35. The van der Waals surface area contributed by atoms with E-state index in [1.54, 1.807) is 4.90 Å². The molecule has 0 spiro atoms. The summed E-state index contributed by atoms with van der Waals surface area (Å²) < 4.78 is 31.6. The lowest BCUT2D eigenvalue weighted by molar-refractivity contribution is -0.136. The fourth-order valence-electron chi connectivity index (χ4n) is 3.59. The predicted molar refractivity (Wildman–Crippen MR) is 99.9 cm³/mol. The molecule has 0 atom stereocenters. The van der Waals surface area contributed by atoms with Gasteiger partial charge in [-0.15, -0.1) is 0 Å². The summed E-state index contributed by atoms with van der Waals surface area (Å²) in [6.45, 7) is 4.02. The zero-order valence-electron chi connectivity index (χ0n) is 16.0. The van der Waals surface area contributed by atoms with Gasteiger partial charge in [0.1, 0.15) is 5.82 Å². The van der Waals surface area contributed by atoms with Gasteiger partial charge in [-0.2, -0.15) is 0 Å². The van der Waals surface area contributed by atoms with Gasteiger partial charge in [-0.3, -0.25) is 14.5 Å². The summed E-state index contributed by atoms with van der Waals surface area (Å²) in [5, 5.41) is 0. The molecule has 0 radical (unpaired) electrons. The minimum Gasteiger partial charge on any atom is -0.481 e. The molecule has 8 heteroatoms. The number of hydrogen-bond donors (Lipinski definition) is 0. The lowest BCUT2D eigenvalue weighted by atomic mass is 10.2. The monoisotopic (exact) mass is 395 g/mol. The van der Waals surface area contributed by atoms with Crippen LogP contribution in [0.5, 0.6) is 5.75 Å². The second-order valence-corrected chi connectivity index (χ2v) is 7.32. The van der Waals surface area contributed by atoms with Gasteiger partial charge in [0.15, 0.2) is 18.2 Å². The molecule has 6 nitrogen and oxygen atoms in total. The number of ether oxygens (including phenoxy) is 1.